The molecule has 0 saturated carbocycles. The molecule has 158 valence electrons. The van der Waals surface area contributed by atoms with Crippen LogP contribution in [0.15, 0.2) is 91.4 Å². The lowest BCUT2D eigenvalue weighted by Crippen LogP contribution is -2.28. The van der Waals surface area contributed by atoms with E-state index in [1.807, 2.05) is 103 Å². The Morgan fingerprint density at radius 1 is 0.968 bits per heavy atom. The number of hydrogen-bond acceptors (Lipinski definition) is 5. The zero-order chi connectivity index (χ0) is 21.6. The number of nitrogens with zero attached hydrogens (tertiary/aromatic N) is 2. The van der Waals surface area contributed by atoms with Gasteiger partial charge in [0.15, 0.2) is 0 Å². The van der Waals surface area contributed by atoms with Crippen molar-refractivity contribution in [1.82, 2.24) is 14.9 Å². The number of benzene rings is 2. The minimum atomic E-state index is -0.914. The summed E-state index contributed by atoms with van der Waals surface area (Å²) in [6.07, 6.45) is 4.70. The summed E-state index contributed by atoms with van der Waals surface area (Å²) in [5.41, 5.74) is 4.58. The Bertz CT molecular complexity index is 1110. The van der Waals surface area contributed by atoms with E-state index < -0.39 is 6.23 Å². The molecule has 2 atom stereocenters. The molecular formula is C25H26N4O2. The molecule has 0 aliphatic rings. The summed E-state index contributed by atoms with van der Waals surface area (Å²) in [6, 6.07) is 23.0. The summed E-state index contributed by atoms with van der Waals surface area (Å²) in [4.78, 5) is 4.47. The number of rotatable bonds is 8. The van der Waals surface area contributed by atoms with E-state index >= 15 is 0 Å². The van der Waals surface area contributed by atoms with E-state index in [2.05, 4.69) is 15.6 Å². The Morgan fingerprint density at radius 3 is 2.39 bits per heavy atom. The quantitative estimate of drug-likeness (QED) is 0.324. The van der Waals surface area contributed by atoms with Crippen LogP contribution < -0.4 is 10.6 Å². The molecule has 0 fully saturated rings. The Kier molecular flexibility index (Phi) is 6.43. The van der Waals surface area contributed by atoms with E-state index in [9.17, 15) is 10.2 Å². The van der Waals surface area contributed by atoms with Gasteiger partial charge < -0.3 is 20.1 Å². The average molecular weight is 415 g/mol. The molecule has 2 aromatic carbocycles. The number of aromatic nitrogens is 2. The van der Waals surface area contributed by atoms with Gasteiger partial charge in [-0.1, -0.05) is 48.5 Å². The molecule has 0 spiro atoms. The number of para-hydroxylation sites is 1. The summed E-state index contributed by atoms with van der Waals surface area (Å²) in [5, 5.41) is 26.9. The first-order chi connectivity index (χ1) is 15.1. The summed E-state index contributed by atoms with van der Waals surface area (Å²) in [7, 11) is 0. The van der Waals surface area contributed by atoms with Crippen molar-refractivity contribution in [3.63, 3.8) is 0 Å². The van der Waals surface area contributed by atoms with Crippen LogP contribution in [-0.4, -0.2) is 26.4 Å². The predicted molar refractivity (Wildman–Crippen MR) is 122 cm³/mol. The van der Waals surface area contributed by atoms with Crippen molar-refractivity contribution in [2.45, 2.75) is 19.2 Å². The van der Waals surface area contributed by atoms with Crippen LogP contribution >= 0.6 is 0 Å². The molecule has 0 bridgehead atoms. The van der Waals surface area contributed by atoms with Crippen molar-refractivity contribution in [3.8, 4) is 5.69 Å². The monoisotopic (exact) mass is 414 g/mol. The molecule has 2 heterocycles. The molecule has 0 radical (unpaired) electrons. The second kappa shape index (κ2) is 9.57. The molecule has 4 rings (SSSR count). The molecule has 4 N–H and O–H groups in total. The first-order valence-corrected chi connectivity index (χ1v) is 10.2. The van der Waals surface area contributed by atoms with Crippen LogP contribution in [0.3, 0.4) is 0 Å². The first-order valence-electron chi connectivity index (χ1n) is 10.2. The van der Waals surface area contributed by atoms with Gasteiger partial charge in [0.1, 0.15) is 12.0 Å². The molecule has 2 unspecified atom stereocenters. The van der Waals surface area contributed by atoms with E-state index in [1.54, 1.807) is 0 Å². The number of nitrogens with one attached hydrogen (secondary N) is 2. The molecular weight excluding hydrogens is 388 g/mol. The van der Waals surface area contributed by atoms with E-state index in [0.717, 1.165) is 28.3 Å². The summed E-state index contributed by atoms with van der Waals surface area (Å²) in [6.45, 7) is 1.89. The molecule has 4 aromatic rings. The lowest BCUT2D eigenvalue weighted by Gasteiger charge is -2.20. The van der Waals surface area contributed by atoms with Gasteiger partial charge in [-0.25, -0.2) is 4.98 Å². The van der Waals surface area contributed by atoms with Crippen LogP contribution in [-0.2, 0) is 0 Å². The van der Waals surface area contributed by atoms with E-state index in [4.69, 9.17) is 0 Å². The second-order valence-corrected chi connectivity index (χ2v) is 7.41. The van der Waals surface area contributed by atoms with Crippen LogP contribution in [0.1, 0.15) is 29.0 Å². The SMILES string of the molecule is Cc1cnc(Nc2ccccc2)cc1-n1ccc(C(O)NC(CO)c2ccccc2)c1. The zero-order valence-electron chi connectivity index (χ0n) is 17.3. The maximum atomic E-state index is 10.7. The van der Waals surface area contributed by atoms with Crippen LogP contribution in [0.2, 0.25) is 0 Å². The minimum Gasteiger partial charge on any atom is -0.394 e. The van der Waals surface area contributed by atoms with E-state index in [0.29, 0.717) is 5.56 Å². The summed E-state index contributed by atoms with van der Waals surface area (Å²) < 4.78 is 1.96. The number of pyridine rings is 1. The lowest BCUT2D eigenvalue weighted by atomic mass is 10.1. The van der Waals surface area contributed by atoms with Crippen molar-refractivity contribution in [1.29, 1.82) is 0 Å². The van der Waals surface area contributed by atoms with Gasteiger partial charge in [0, 0.05) is 35.9 Å². The fourth-order valence-corrected chi connectivity index (χ4v) is 3.48. The summed E-state index contributed by atoms with van der Waals surface area (Å²) in [5.74, 6) is 0.741. The molecule has 0 saturated heterocycles. The molecule has 6 heteroatoms. The predicted octanol–water partition coefficient (Wildman–Crippen LogP) is 4.24. The number of aryl methyl sites for hydroxylation is 1. The van der Waals surface area contributed by atoms with E-state index in [-0.39, 0.29) is 12.6 Å². The largest absolute Gasteiger partial charge is 0.394 e. The van der Waals surface area contributed by atoms with Crippen LogP contribution in [0.25, 0.3) is 5.69 Å². The third kappa shape index (κ3) is 5.00. The van der Waals surface area contributed by atoms with Crippen molar-refractivity contribution < 1.29 is 10.2 Å². The number of aliphatic hydroxyl groups excluding tert-OH is 2. The maximum absolute atomic E-state index is 10.7. The number of anilines is 2. The Morgan fingerprint density at radius 2 is 1.68 bits per heavy atom. The number of aliphatic hydroxyl groups is 2. The van der Waals surface area contributed by atoms with Crippen molar-refractivity contribution in [2.75, 3.05) is 11.9 Å². The Balaban J connectivity index is 1.52. The van der Waals surface area contributed by atoms with Gasteiger partial charge in [0.25, 0.3) is 0 Å². The van der Waals surface area contributed by atoms with Gasteiger partial charge in [-0.15, -0.1) is 0 Å². The van der Waals surface area contributed by atoms with Gasteiger partial charge in [0.2, 0.25) is 0 Å². The smallest absolute Gasteiger partial charge is 0.133 e. The second-order valence-electron chi connectivity index (χ2n) is 7.41. The third-order valence-corrected chi connectivity index (χ3v) is 5.17. The highest BCUT2D eigenvalue weighted by Gasteiger charge is 2.17. The van der Waals surface area contributed by atoms with Crippen LogP contribution in [0.4, 0.5) is 11.5 Å². The molecule has 0 amide bonds. The zero-order valence-corrected chi connectivity index (χ0v) is 17.3. The first kappa shape index (κ1) is 20.8. The molecule has 2 aromatic heterocycles. The minimum absolute atomic E-state index is 0.111. The van der Waals surface area contributed by atoms with E-state index in [1.165, 1.54) is 0 Å². The lowest BCUT2D eigenvalue weighted by molar-refractivity contribution is 0.104. The molecule has 6 nitrogen and oxygen atoms in total. The number of hydrogen-bond donors (Lipinski definition) is 4. The fraction of sp³-hybridized carbons (Fsp3) is 0.160. The normalized spacial score (nSPS) is 13.0. The fourth-order valence-electron chi connectivity index (χ4n) is 3.48. The van der Waals surface area contributed by atoms with Gasteiger partial charge in [0.05, 0.1) is 18.3 Å². The van der Waals surface area contributed by atoms with Gasteiger partial charge in [-0.3, -0.25) is 5.32 Å². The highest BCUT2D eigenvalue weighted by molar-refractivity contribution is 5.59. The average Bonchev–Trinajstić information content (AvgIpc) is 3.30. The topological polar surface area (TPSA) is 82.3 Å². The van der Waals surface area contributed by atoms with Gasteiger partial charge in [-0.05, 0) is 36.2 Å². The van der Waals surface area contributed by atoms with Crippen molar-refractivity contribution >= 4 is 11.5 Å². The molecule has 0 aliphatic carbocycles. The van der Waals surface area contributed by atoms with Gasteiger partial charge in [-0.2, -0.15) is 0 Å². The standard InChI is InChI=1S/C25H26N4O2/c1-18-15-26-24(27-21-10-6-3-7-11-21)14-23(18)29-13-12-20(16-29)25(31)28-22(17-30)19-8-4-2-5-9-19/h2-16,22,25,28,30-31H,17H2,1H3,(H,26,27). The van der Waals surface area contributed by atoms with Crippen molar-refractivity contribution in [2.24, 2.45) is 0 Å². The highest BCUT2D eigenvalue weighted by atomic mass is 16.3. The van der Waals surface area contributed by atoms with Gasteiger partial charge >= 0.3 is 0 Å². The third-order valence-electron chi connectivity index (χ3n) is 5.17. The molecule has 31 heavy (non-hydrogen) atoms. The molecule has 0 aliphatic heterocycles. The maximum Gasteiger partial charge on any atom is 0.133 e. The van der Waals surface area contributed by atoms with Crippen molar-refractivity contribution in [3.05, 3.63) is 108 Å². The van der Waals surface area contributed by atoms with Crippen LogP contribution in [0, 0.1) is 6.92 Å². The Labute approximate surface area is 181 Å². The van der Waals surface area contributed by atoms with Crippen LogP contribution in [0.5, 0.6) is 0 Å². The Hall–Kier alpha value is -3.45. The summed E-state index contributed by atoms with van der Waals surface area (Å²) >= 11 is 0. The highest BCUT2D eigenvalue weighted by Crippen LogP contribution is 2.23.